The zero-order valence-corrected chi connectivity index (χ0v) is 7.61. The molecular weight excluding hydrogens is 328 g/mol. The van der Waals surface area contributed by atoms with Crippen molar-refractivity contribution in [1.29, 1.82) is 0 Å². The fourth-order valence-electron chi connectivity index (χ4n) is 0. The van der Waals surface area contributed by atoms with Gasteiger partial charge in [0.2, 0.25) is 0 Å². The Morgan fingerprint density at radius 1 is 0.286 bits per heavy atom. The quantitative estimate of drug-likeness (QED) is 0.409. The summed E-state index contributed by atoms with van der Waals surface area (Å²) in [4.78, 5) is 0. The van der Waals surface area contributed by atoms with Crippen LogP contribution in [0.1, 0.15) is 0 Å². The van der Waals surface area contributed by atoms with E-state index in [0.717, 1.165) is 0 Å². The third kappa shape index (κ3) is 156. The van der Waals surface area contributed by atoms with E-state index in [1.54, 1.807) is 0 Å². The summed E-state index contributed by atoms with van der Waals surface area (Å²) in [5, 5.41) is 0. The van der Waals surface area contributed by atoms with Crippen molar-refractivity contribution in [2.75, 3.05) is 0 Å². The summed E-state index contributed by atoms with van der Waals surface area (Å²) in [6, 6.07) is 0. The van der Waals surface area contributed by atoms with Crippen LogP contribution < -0.4 is 0 Å². The van der Waals surface area contributed by atoms with Gasteiger partial charge in [0.1, 0.15) is 0 Å². The molecule has 0 aliphatic heterocycles. The summed E-state index contributed by atoms with van der Waals surface area (Å²) in [5.41, 5.74) is 0. The average molecular weight is 340 g/mol. The maximum absolute atomic E-state index is 0. The summed E-state index contributed by atoms with van der Waals surface area (Å²) in [7, 11) is 0. The molecule has 0 radical (unpaired) electrons. The maximum Gasteiger partial charge on any atom is 0 e. The first-order valence-corrected chi connectivity index (χ1v) is 0. The van der Waals surface area contributed by atoms with E-state index >= 15 is 0 Å². The summed E-state index contributed by atoms with van der Waals surface area (Å²) >= 11 is 0. The molecule has 0 bridgehead atoms. The number of hydrogen-bond donors (Lipinski definition) is 0. The Morgan fingerprint density at radius 2 is 0.286 bits per heavy atom. The van der Waals surface area contributed by atoms with Gasteiger partial charge in [0.05, 0.1) is 0 Å². The van der Waals surface area contributed by atoms with Crippen LogP contribution in [0.4, 0.5) is 0 Å². The molecule has 0 rings (SSSR count). The van der Waals surface area contributed by atoms with E-state index in [9.17, 15) is 0 Å². The van der Waals surface area contributed by atoms with Crippen LogP contribution >= 0.6 is 0 Å². The van der Waals surface area contributed by atoms with Crippen LogP contribution in [0.15, 0.2) is 0 Å². The normalized spacial score (nSPS) is 0. The fraction of sp³-hybridized carbons (Fsp3) is 0. The Kier molecular flexibility index (Phi) is 11000. The van der Waals surface area contributed by atoms with Gasteiger partial charge in [-0.25, -0.2) is 0 Å². The third-order valence-corrected chi connectivity index (χ3v) is 0. The van der Waals surface area contributed by atoms with Crippen LogP contribution in [0.2, 0.25) is 0 Å². The van der Waals surface area contributed by atoms with Crippen molar-refractivity contribution in [1.82, 2.24) is 0 Å². The Hall–Kier alpha value is 1.08. The minimum absolute atomic E-state index is 0. The van der Waals surface area contributed by atoms with E-state index in [4.69, 9.17) is 0 Å². The van der Waals surface area contributed by atoms with Crippen LogP contribution in [0.3, 0.4) is 0 Å². The minimum atomic E-state index is 0. The van der Waals surface area contributed by atoms with Gasteiger partial charge in [0, 0.05) is 39.9 Å². The van der Waals surface area contributed by atoms with Gasteiger partial charge in [-0.1, -0.05) is 0 Å². The van der Waals surface area contributed by atoms with Gasteiger partial charge >= 0.3 is 0 Å². The standard InChI is InChI=1S/6H2O.Th/h6*1H2;. The summed E-state index contributed by atoms with van der Waals surface area (Å²) in [5.74, 6) is 0. The monoisotopic (exact) mass is 340 g/mol. The van der Waals surface area contributed by atoms with Crippen LogP contribution in [-0.4, -0.2) is 32.9 Å². The van der Waals surface area contributed by atoms with Crippen molar-refractivity contribution in [3.05, 3.63) is 0 Å². The number of rotatable bonds is 0. The van der Waals surface area contributed by atoms with Gasteiger partial charge in [0.25, 0.3) is 0 Å². The predicted octanol–water partition coefficient (Wildman–Crippen LogP) is -4.95. The predicted molar refractivity (Wildman–Crippen MR) is 21.7 cm³/mol. The van der Waals surface area contributed by atoms with Crippen molar-refractivity contribution in [3.8, 4) is 0 Å². The molecule has 0 saturated heterocycles. The molecule has 0 spiro atoms. The van der Waals surface area contributed by atoms with Gasteiger partial charge < -0.3 is 32.9 Å². The maximum atomic E-state index is 0. The number of hydrogen-bond acceptors (Lipinski definition) is 0. The molecule has 0 unspecified atom stereocenters. The van der Waals surface area contributed by atoms with Gasteiger partial charge in [-0.3, -0.25) is 0 Å². The molecule has 7 heteroatoms. The molecule has 0 aromatic rings. The second kappa shape index (κ2) is 223. The molecule has 0 aromatic carbocycles. The Balaban J connectivity index is 0. The summed E-state index contributed by atoms with van der Waals surface area (Å²) in [6.45, 7) is 0. The van der Waals surface area contributed by atoms with Crippen molar-refractivity contribution >= 4 is 0 Å². The molecule has 12 N–H and O–H groups in total. The molecule has 0 heterocycles. The zero-order valence-electron chi connectivity index (χ0n) is 3.50. The average Bonchev–Trinajstić information content (AvgIpc) is 0. The van der Waals surface area contributed by atoms with Crippen LogP contribution in [0, 0.1) is 39.9 Å². The van der Waals surface area contributed by atoms with Crippen molar-refractivity contribution in [2.45, 2.75) is 0 Å². The first kappa shape index (κ1) is 345. The molecule has 0 amide bonds. The zero-order chi connectivity index (χ0) is 0. The third-order valence-electron chi connectivity index (χ3n) is 0. The molecule has 6 nitrogen and oxygen atoms in total. The first-order chi connectivity index (χ1) is 0. The molecule has 0 aromatic heterocycles. The van der Waals surface area contributed by atoms with Crippen LogP contribution in [0.25, 0.3) is 0 Å². The molecule has 0 aliphatic carbocycles. The van der Waals surface area contributed by atoms with E-state index in [1.807, 2.05) is 0 Å². The molecule has 52 valence electrons. The topological polar surface area (TPSA) is 189 Å². The molecule has 0 fully saturated rings. The van der Waals surface area contributed by atoms with Gasteiger partial charge in [-0.05, 0) is 0 Å². The summed E-state index contributed by atoms with van der Waals surface area (Å²) < 4.78 is 0. The van der Waals surface area contributed by atoms with Crippen molar-refractivity contribution < 1.29 is 72.8 Å². The Labute approximate surface area is 72.4 Å². The van der Waals surface area contributed by atoms with E-state index < -0.39 is 0 Å². The van der Waals surface area contributed by atoms with Gasteiger partial charge in [-0.15, -0.1) is 0 Å². The fourth-order valence-corrected chi connectivity index (χ4v) is 0. The van der Waals surface area contributed by atoms with E-state index in [1.165, 1.54) is 0 Å². The molecule has 0 aliphatic rings. The second-order valence-electron chi connectivity index (χ2n) is 0. The van der Waals surface area contributed by atoms with Gasteiger partial charge in [0.15, 0.2) is 0 Å². The molecule has 7 heavy (non-hydrogen) atoms. The van der Waals surface area contributed by atoms with E-state index in [2.05, 4.69) is 0 Å². The molecule has 0 saturated carbocycles. The molecular formula is H12O6Th. The smallest absolute Gasteiger partial charge is 0 e. The second-order valence-corrected chi connectivity index (χ2v) is 0. The van der Waals surface area contributed by atoms with Crippen LogP contribution in [0.5, 0.6) is 0 Å². The first-order valence-electron chi connectivity index (χ1n) is 0. The largest absolute Gasteiger partial charge is 0.412 e. The Bertz CT molecular complexity index is 4.14. The Morgan fingerprint density at radius 3 is 0.286 bits per heavy atom. The SMILES string of the molecule is O.O.O.O.O.O.[Th]. The van der Waals surface area contributed by atoms with Gasteiger partial charge in [-0.2, -0.15) is 0 Å². The van der Waals surface area contributed by atoms with Crippen LogP contribution in [-0.2, 0) is 0 Å². The van der Waals surface area contributed by atoms with Crippen molar-refractivity contribution in [3.63, 3.8) is 0 Å². The molecule has 0 atom stereocenters. The van der Waals surface area contributed by atoms with E-state index in [0.29, 0.717) is 0 Å². The minimum Gasteiger partial charge on any atom is -0.412 e. The summed E-state index contributed by atoms with van der Waals surface area (Å²) in [6.07, 6.45) is 0. The van der Waals surface area contributed by atoms with Crippen molar-refractivity contribution in [2.24, 2.45) is 0 Å². The van der Waals surface area contributed by atoms with E-state index in [-0.39, 0.29) is 72.8 Å².